The number of hydrogen-bond acceptors (Lipinski definition) is 3. The predicted molar refractivity (Wildman–Crippen MR) is 95.3 cm³/mol. The van der Waals surface area contributed by atoms with Gasteiger partial charge in [0.15, 0.2) is 6.61 Å². The largest absolute Gasteiger partial charge is 0.452 e. The number of carbonyl (C=O) groups is 2. The Morgan fingerprint density at radius 1 is 1.04 bits per heavy atom. The molecule has 0 spiro atoms. The number of rotatable bonds is 6. The SMILES string of the molecule is CCc1ccccc1NC(=O)COC(=O)c1ccc(C(C)C)cc1. The van der Waals surface area contributed by atoms with Crippen molar-refractivity contribution in [2.75, 3.05) is 11.9 Å². The molecule has 1 amide bonds. The van der Waals surface area contributed by atoms with Crippen molar-refractivity contribution in [3.05, 3.63) is 65.2 Å². The van der Waals surface area contributed by atoms with Gasteiger partial charge in [-0.25, -0.2) is 4.79 Å². The zero-order valence-corrected chi connectivity index (χ0v) is 14.3. The van der Waals surface area contributed by atoms with Crippen molar-refractivity contribution in [3.63, 3.8) is 0 Å². The van der Waals surface area contributed by atoms with Crippen LogP contribution in [0, 0.1) is 0 Å². The Bertz CT molecular complexity index is 705. The highest BCUT2D eigenvalue weighted by Gasteiger charge is 2.11. The van der Waals surface area contributed by atoms with Crippen LogP contribution in [0.1, 0.15) is 48.2 Å². The van der Waals surface area contributed by atoms with Gasteiger partial charge in [0.2, 0.25) is 0 Å². The second-order valence-corrected chi connectivity index (χ2v) is 5.91. The molecular formula is C20H23NO3. The van der Waals surface area contributed by atoms with Gasteiger partial charge in [0.25, 0.3) is 5.91 Å². The molecule has 0 aliphatic heterocycles. The summed E-state index contributed by atoms with van der Waals surface area (Å²) < 4.78 is 5.08. The van der Waals surface area contributed by atoms with Crippen LogP contribution in [0.4, 0.5) is 5.69 Å². The second kappa shape index (κ2) is 8.29. The summed E-state index contributed by atoms with van der Waals surface area (Å²) in [5, 5.41) is 2.78. The Balaban J connectivity index is 1.90. The number of amides is 1. The van der Waals surface area contributed by atoms with Gasteiger partial charge in [-0.2, -0.15) is 0 Å². The Labute approximate surface area is 142 Å². The maximum atomic E-state index is 12.0. The molecule has 0 unspecified atom stereocenters. The van der Waals surface area contributed by atoms with Crippen LogP contribution in [0.2, 0.25) is 0 Å². The van der Waals surface area contributed by atoms with Gasteiger partial charge in [0.1, 0.15) is 0 Å². The molecule has 1 N–H and O–H groups in total. The Kier molecular flexibility index (Phi) is 6.13. The fourth-order valence-electron chi connectivity index (χ4n) is 2.36. The van der Waals surface area contributed by atoms with E-state index >= 15 is 0 Å². The third-order valence-corrected chi connectivity index (χ3v) is 3.82. The molecule has 126 valence electrons. The van der Waals surface area contributed by atoms with Gasteiger partial charge in [-0.15, -0.1) is 0 Å². The third-order valence-electron chi connectivity index (χ3n) is 3.82. The van der Waals surface area contributed by atoms with Crippen LogP contribution >= 0.6 is 0 Å². The number of anilines is 1. The van der Waals surface area contributed by atoms with E-state index in [9.17, 15) is 9.59 Å². The van der Waals surface area contributed by atoms with Crippen molar-refractivity contribution in [2.24, 2.45) is 0 Å². The van der Waals surface area contributed by atoms with Gasteiger partial charge >= 0.3 is 5.97 Å². The lowest BCUT2D eigenvalue weighted by Gasteiger charge is -2.10. The van der Waals surface area contributed by atoms with Crippen LogP contribution in [0.25, 0.3) is 0 Å². The highest BCUT2D eigenvalue weighted by molar-refractivity contribution is 5.95. The van der Waals surface area contributed by atoms with Crippen LogP contribution in [0.15, 0.2) is 48.5 Å². The van der Waals surface area contributed by atoms with E-state index in [0.29, 0.717) is 11.5 Å². The van der Waals surface area contributed by atoms with Gasteiger partial charge in [-0.3, -0.25) is 4.79 Å². The molecular weight excluding hydrogens is 302 g/mol. The van der Waals surface area contributed by atoms with Crippen molar-refractivity contribution in [1.82, 2.24) is 0 Å². The second-order valence-electron chi connectivity index (χ2n) is 5.91. The summed E-state index contributed by atoms with van der Waals surface area (Å²) in [6.07, 6.45) is 0.818. The van der Waals surface area contributed by atoms with E-state index in [1.165, 1.54) is 0 Å². The molecule has 2 rings (SSSR count). The Morgan fingerprint density at radius 2 is 1.71 bits per heavy atom. The van der Waals surface area contributed by atoms with Crippen molar-refractivity contribution in [3.8, 4) is 0 Å². The third kappa shape index (κ3) is 4.69. The van der Waals surface area contributed by atoms with Crippen molar-refractivity contribution >= 4 is 17.6 Å². The first kappa shape index (κ1) is 17.7. The Morgan fingerprint density at radius 3 is 2.33 bits per heavy atom. The van der Waals surface area contributed by atoms with E-state index in [1.807, 2.05) is 43.3 Å². The van der Waals surface area contributed by atoms with Gasteiger partial charge in [-0.05, 0) is 41.7 Å². The lowest BCUT2D eigenvalue weighted by Crippen LogP contribution is -2.21. The molecule has 0 fully saturated rings. The molecule has 0 bridgehead atoms. The first-order chi connectivity index (χ1) is 11.5. The number of ether oxygens (including phenoxy) is 1. The summed E-state index contributed by atoms with van der Waals surface area (Å²) in [5.41, 5.74) is 3.39. The summed E-state index contributed by atoms with van der Waals surface area (Å²) in [5.74, 6) is -0.438. The van der Waals surface area contributed by atoms with E-state index < -0.39 is 5.97 Å². The summed E-state index contributed by atoms with van der Waals surface area (Å²) in [6, 6.07) is 14.8. The zero-order valence-electron chi connectivity index (χ0n) is 14.3. The number of hydrogen-bond donors (Lipinski definition) is 1. The summed E-state index contributed by atoms with van der Waals surface area (Å²) in [4.78, 5) is 24.0. The van der Waals surface area contributed by atoms with Crippen LogP contribution in [0.3, 0.4) is 0 Å². The fraction of sp³-hybridized carbons (Fsp3) is 0.300. The number of para-hydroxylation sites is 1. The van der Waals surface area contributed by atoms with Gasteiger partial charge in [0, 0.05) is 5.69 Å². The highest BCUT2D eigenvalue weighted by atomic mass is 16.5. The maximum absolute atomic E-state index is 12.0. The molecule has 4 heteroatoms. The van der Waals surface area contributed by atoms with E-state index in [4.69, 9.17) is 4.74 Å². The quantitative estimate of drug-likeness (QED) is 0.811. The average molecular weight is 325 g/mol. The normalized spacial score (nSPS) is 10.5. The van der Waals surface area contributed by atoms with Gasteiger partial charge in [-0.1, -0.05) is 51.1 Å². The van der Waals surface area contributed by atoms with Crippen LogP contribution in [-0.4, -0.2) is 18.5 Å². The minimum Gasteiger partial charge on any atom is -0.452 e. The minimum absolute atomic E-state index is 0.303. The molecule has 4 nitrogen and oxygen atoms in total. The molecule has 2 aromatic carbocycles. The summed E-state index contributed by atoms with van der Waals surface area (Å²) >= 11 is 0. The highest BCUT2D eigenvalue weighted by Crippen LogP contribution is 2.16. The predicted octanol–water partition coefficient (Wildman–Crippen LogP) is 4.17. The first-order valence-corrected chi connectivity index (χ1v) is 8.16. The number of esters is 1. The summed E-state index contributed by atoms with van der Waals surface area (Å²) in [6.45, 7) is 5.90. The number of carbonyl (C=O) groups excluding carboxylic acids is 2. The molecule has 0 radical (unpaired) electrons. The smallest absolute Gasteiger partial charge is 0.338 e. The molecule has 24 heavy (non-hydrogen) atoms. The van der Waals surface area contributed by atoms with E-state index in [2.05, 4.69) is 19.2 Å². The first-order valence-electron chi connectivity index (χ1n) is 8.16. The van der Waals surface area contributed by atoms with Gasteiger partial charge in [0.05, 0.1) is 5.56 Å². The van der Waals surface area contributed by atoms with Crippen molar-refractivity contribution in [2.45, 2.75) is 33.1 Å². The molecule has 0 aliphatic rings. The van der Waals surface area contributed by atoms with Gasteiger partial charge < -0.3 is 10.1 Å². The van der Waals surface area contributed by atoms with Crippen molar-refractivity contribution < 1.29 is 14.3 Å². The van der Waals surface area contributed by atoms with Crippen LogP contribution in [-0.2, 0) is 16.0 Å². The van der Waals surface area contributed by atoms with Crippen molar-refractivity contribution in [1.29, 1.82) is 0 Å². The molecule has 0 atom stereocenters. The molecule has 0 aromatic heterocycles. The van der Waals surface area contributed by atoms with E-state index in [1.54, 1.807) is 12.1 Å². The molecule has 2 aromatic rings. The topological polar surface area (TPSA) is 55.4 Å². The standard InChI is InChI=1S/C20H23NO3/c1-4-15-7-5-6-8-18(15)21-19(22)13-24-20(23)17-11-9-16(10-12-17)14(2)3/h5-12,14H,4,13H2,1-3H3,(H,21,22). The fourth-order valence-corrected chi connectivity index (χ4v) is 2.36. The molecule has 0 saturated carbocycles. The van der Waals surface area contributed by atoms with Crippen LogP contribution in [0.5, 0.6) is 0 Å². The monoisotopic (exact) mass is 325 g/mol. The van der Waals surface area contributed by atoms with Crippen LogP contribution < -0.4 is 5.32 Å². The summed E-state index contributed by atoms with van der Waals surface area (Å²) in [7, 11) is 0. The minimum atomic E-state index is -0.496. The number of benzene rings is 2. The number of aryl methyl sites for hydroxylation is 1. The molecule has 0 saturated heterocycles. The van der Waals surface area contributed by atoms with E-state index in [-0.39, 0.29) is 12.5 Å². The lowest BCUT2D eigenvalue weighted by molar-refractivity contribution is -0.119. The average Bonchev–Trinajstić information content (AvgIpc) is 2.60. The zero-order chi connectivity index (χ0) is 17.5. The van der Waals surface area contributed by atoms with E-state index in [0.717, 1.165) is 23.2 Å². The number of nitrogens with one attached hydrogen (secondary N) is 1. The Hall–Kier alpha value is -2.62. The maximum Gasteiger partial charge on any atom is 0.338 e. The molecule has 0 aliphatic carbocycles. The lowest BCUT2D eigenvalue weighted by atomic mass is 10.0. The molecule has 0 heterocycles.